The predicted octanol–water partition coefficient (Wildman–Crippen LogP) is 1.57. The molecule has 1 amide bonds. The minimum absolute atomic E-state index is 0.230. The lowest BCUT2D eigenvalue weighted by molar-refractivity contribution is -0.605. The summed E-state index contributed by atoms with van der Waals surface area (Å²) in [5.74, 6) is -0.230. The molecule has 0 fully saturated rings. The molecule has 80 valence electrons. The van der Waals surface area contributed by atoms with Crippen LogP contribution in [-0.2, 0) is 0 Å². The fraction of sp³-hybridized carbons (Fsp3) is 0. The molecule has 2 rings (SSSR count). The fourth-order valence-corrected chi connectivity index (χ4v) is 1.29. The highest BCUT2D eigenvalue weighted by molar-refractivity contribution is 6.04. The Morgan fingerprint density at radius 2 is 1.69 bits per heavy atom. The smallest absolute Gasteiger partial charge is 0.256 e. The van der Waals surface area contributed by atoms with Crippen molar-refractivity contribution < 1.29 is 9.52 Å². The molecule has 1 N–H and O–H groups in total. The number of amides is 1. The van der Waals surface area contributed by atoms with Crippen molar-refractivity contribution in [2.24, 2.45) is 0 Å². The lowest BCUT2D eigenvalue weighted by atomic mass is 10.2. The molecule has 0 aliphatic carbocycles. The van der Waals surface area contributed by atoms with E-state index in [1.54, 1.807) is 12.1 Å². The third-order valence-corrected chi connectivity index (χ3v) is 2.10. The van der Waals surface area contributed by atoms with E-state index in [2.05, 4.69) is 5.32 Å². The van der Waals surface area contributed by atoms with Gasteiger partial charge in [-0.25, -0.2) is 0 Å². The lowest BCUT2D eigenvalue weighted by Gasteiger charge is -2.04. The molecule has 0 saturated heterocycles. The Bertz CT molecular complexity index is 480. The molecule has 0 saturated carbocycles. The molecule has 0 bridgehead atoms. The first-order valence-electron chi connectivity index (χ1n) is 4.81. The average molecular weight is 214 g/mol. The summed E-state index contributed by atoms with van der Waals surface area (Å²) in [6, 6.07) is 12.1. The van der Waals surface area contributed by atoms with Gasteiger partial charge in [0.25, 0.3) is 5.91 Å². The fourth-order valence-electron chi connectivity index (χ4n) is 1.29. The summed E-state index contributed by atoms with van der Waals surface area (Å²) in [5.41, 5.74) is 1.18. The van der Waals surface area contributed by atoms with Crippen LogP contribution in [0.3, 0.4) is 0 Å². The molecule has 0 atom stereocenters. The first-order chi connectivity index (χ1) is 7.75. The standard InChI is InChI=1S/C12H10N2O2/c15-12(10-6-8-14(16)9-7-10)13-11-4-2-1-3-5-11/h1-9H,(H,13,15). The van der Waals surface area contributed by atoms with Gasteiger partial charge in [0.05, 0.1) is 5.56 Å². The number of nitrogens with zero attached hydrogens (tertiary/aromatic N) is 1. The van der Waals surface area contributed by atoms with Crippen LogP contribution in [0.5, 0.6) is 0 Å². The summed E-state index contributed by atoms with van der Waals surface area (Å²) in [4.78, 5) is 11.7. The molecule has 4 heteroatoms. The maximum atomic E-state index is 11.7. The number of pyridine rings is 1. The third kappa shape index (κ3) is 2.36. The number of anilines is 1. The second-order valence-corrected chi connectivity index (χ2v) is 3.27. The minimum Gasteiger partial charge on any atom is -0.619 e. The van der Waals surface area contributed by atoms with E-state index in [-0.39, 0.29) is 5.91 Å². The van der Waals surface area contributed by atoms with E-state index >= 15 is 0 Å². The monoisotopic (exact) mass is 214 g/mol. The Balaban J connectivity index is 2.12. The lowest BCUT2D eigenvalue weighted by Crippen LogP contribution is -2.25. The van der Waals surface area contributed by atoms with E-state index < -0.39 is 0 Å². The van der Waals surface area contributed by atoms with Gasteiger partial charge in [0.1, 0.15) is 0 Å². The Kier molecular flexibility index (Phi) is 2.82. The maximum absolute atomic E-state index is 11.7. The van der Waals surface area contributed by atoms with Gasteiger partial charge in [-0.1, -0.05) is 18.2 Å². The summed E-state index contributed by atoms with van der Waals surface area (Å²) < 4.78 is 0.638. The number of aromatic nitrogens is 1. The summed E-state index contributed by atoms with van der Waals surface area (Å²) in [7, 11) is 0. The average Bonchev–Trinajstić information content (AvgIpc) is 2.31. The second kappa shape index (κ2) is 4.44. The van der Waals surface area contributed by atoms with Crippen molar-refractivity contribution in [3.63, 3.8) is 0 Å². The van der Waals surface area contributed by atoms with Crippen LogP contribution in [-0.4, -0.2) is 5.91 Å². The maximum Gasteiger partial charge on any atom is 0.256 e. The van der Waals surface area contributed by atoms with Crippen molar-refractivity contribution in [3.8, 4) is 0 Å². The van der Waals surface area contributed by atoms with E-state index in [0.29, 0.717) is 10.3 Å². The Morgan fingerprint density at radius 1 is 1.06 bits per heavy atom. The van der Waals surface area contributed by atoms with Crippen LogP contribution in [0.15, 0.2) is 54.9 Å². The number of rotatable bonds is 2. The number of hydrogen-bond acceptors (Lipinski definition) is 2. The van der Waals surface area contributed by atoms with Crippen LogP contribution < -0.4 is 10.0 Å². The highest BCUT2D eigenvalue weighted by Crippen LogP contribution is 2.07. The van der Waals surface area contributed by atoms with Crippen molar-refractivity contribution in [1.82, 2.24) is 0 Å². The van der Waals surface area contributed by atoms with Gasteiger partial charge in [0.15, 0.2) is 12.4 Å². The Hall–Kier alpha value is -2.36. The molecule has 16 heavy (non-hydrogen) atoms. The number of para-hydroxylation sites is 1. The molecule has 4 nitrogen and oxygen atoms in total. The summed E-state index contributed by atoms with van der Waals surface area (Å²) in [6.07, 6.45) is 2.58. The molecule has 1 aromatic carbocycles. The molecular formula is C12H10N2O2. The van der Waals surface area contributed by atoms with Crippen LogP contribution >= 0.6 is 0 Å². The molecule has 1 heterocycles. The van der Waals surface area contributed by atoms with E-state index in [1.165, 1.54) is 24.5 Å². The van der Waals surface area contributed by atoms with Crippen molar-refractivity contribution >= 4 is 11.6 Å². The van der Waals surface area contributed by atoms with Gasteiger partial charge in [-0.15, -0.1) is 0 Å². The molecular weight excluding hydrogens is 204 g/mol. The number of hydrogen-bond donors (Lipinski definition) is 1. The van der Waals surface area contributed by atoms with Gasteiger partial charge < -0.3 is 10.5 Å². The number of carbonyl (C=O) groups excluding carboxylic acids is 1. The zero-order valence-electron chi connectivity index (χ0n) is 8.46. The topological polar surface area (TPSA) is 56.0 Å². The molecule has 0 aliphatic heterocycles. The zero-order chi connectivity index (χ0) is 11.4. The Labute approximate surface area is 92.7 Å². The normalized spacial score (nSPS) is 9.75. The van der Waals surface area contributed by atoms with Crippen molar-refractivity contribution in [1.29, 1.82) is 0 Å². The minimum atomic E-state index is -0.230. The van der Waals surface area contributed by atoms with E-state index in [4.69, 9.17) is 0 Å². The quantitative estimate of drug-likeness (QED) is 0.609. The van der Waals surface area contributed by atoms with Crippen LogP contribution in [0, 0.1) is 5.21 Å². The zero-order valence-corrected chi connectivity index (χ0v) is 8.46. The number of carbonyl (C=O) groups is 1. The molecule has 0 aliphatic rings. The molecule has 0 spiro atoms. The van der Waals surface area contributed by atoms with Gasteiger partial charge in [0, 0.05) is 17.8 Å². The van der Waals surface area contributed by atoms with Gasteiger partial charge in [-0.3, -0.25) is 4.79 Å². The van der Waals surface area contributed by atoms with Crippen LogP contribution in [0.4, 0.5) is 5.69 Å². The van der Waals surface area contributed by atoms with Crippen molar-refractivity contribution in [3.05, 3.63) is 65.6 Å². The first-order valence-corrected chi connectivity index (χ1v) is 4.81. The van der Waals surface area contributed by atoms with Gasteiger partial charge in [-0.2, -0.15) is 4.73 Å². The first kappa shape index (κ1) is 10.2. The summed E-state index contributed by atoms with van der Waals surface area (Å²) >= 11 is 0. The highest BCUT2D eigenvalue weighted by Gasteiger charge is 2.06. The third-order valence-electron chi connectivity index (χ3n) is 2.10. The van der Waals surface area contributed by atoms with Crippen molar-refractivity contribution in [2.75, 3.05) is 5.32 Å². The SMILES string of the molecule is O=C(Nc1ccccc1)c1cc[n+]([O-])cc1. The molecule has 2 aromatic rings. The highest BCUT2D eigenvalue weighted by atomic mass is 16.5. The molecule has 0 unspecified atom stereocenters. The largest absolute Gasteiger partial charge is 0.619 e. The van der Waals surface area contributed by atoms with E-state index in [0.717, 1.165) is 5.69 Å². The van der Waals surface area contributed by atoms with E-state index in [1.807, 2.05) is 18.2 Å². The van der Waals surface area contributed by atoms with Gasteiger partial charge in [-0.05, 0) is 12.1 Å². The van der Waals surface area contributed by atoms with Crippen LogP contribution in [0.1, 0.15) is 10.4 Å². The van der Waals surface area contributed by atoms with Crippen LogP contribution in [0.25, 0.3) is 0 Å². The van der Waals surface area contributed by atoms with Crippen molar-refractivity contribution in [2.45, 2.75) is 0 Å². The number of nitrogens with one attached hydrogen (secondary N) is 1. The molecule has 0 radical (unpaired) electrons. The van der Waals surface area contributed by atoms with Gasteiger partial charge in [0.2, 0.25) is 0 Å². The summed E-state index contributed by atoms with van der Waals surface area (Å²) in [5, 5.41) is 13.5. The Morgan fingerprint density at radius 3 is 2.31 bits per heavy atom. The van der Waals surface area contributed by atoms with Crippen LogP contribution in [0.2, 0.25) is 0 Å². The summed E-state index contributed by atoms with van der Waals surface area (Å²) in [6.45, 7) is 0. The number of benzene rings is 1. The second-order valence-electron chi connectivity index (χ2n) is 3.27. The van der Waals surface area contributed by atoms with Gasteiger partial charge >= 0.3 is 0 Å². The van der Waals surface area contributed by atoms with E-state index in [9.17, 15) is 10.0 Å². The molecule has 1 aromatic heterocycles. The predicted molar refractivity (Wildman–Crippen MR) is 59.8 cm³/mol.